The topological polar surface area (TPSA) is 76.4 Å². The number of carbonyl (C=O) groups excluding carboxylic acids is 1. The van der Waals surface area contributed by atoms with Crippen molar-refractivity contribution in [3.8, 4) is 5.75 Å². The van der Waals surface area contributed by atoms with Crippen molar-refractivity contribution in [2.45, 2.75) is 44.1 Å². The first-order valence-electron chi connectivity index (χ1n) is 7.02. The number of ether oxygens (including phenoxy) is 1. The van der Waals surface area contributed by atoms with Crippen LogP contribution >= 0.6 is 0 Å². The molecule has 0 spiro atoms. The summed E-state index contributed by atoms with van der Waals surface area (Å²) in [7, 11) is 0. The summed E-state index contributed by atoms with van der Waals surface area (Å²) in [5, 5.41) is 5.34. The zero-order chi connectivity index (χ0) is 16.2. The third-order valence-electron chi connectivity index (χ3n) is 3.48. The van der Waals surface area contributed by atoms with Gasteiger partial charge in [-0.2, -0.15) is 0 Å². The summed E-state index contributed by atoms with van der Waals surface area (Å²) in [6.07, 6.45) is -0.964. The smallest absolute Gasteiger partial charge is 0.406 e. The molecule has 2 atom stereocenters. The third kappa shape index (κ3) is 5.10. The maximum absolute atomic E-state index is 12.0. The quantitative estimate of drug-likeness (QED) is 0.802. The van der Waals surface area contributed by atoms with Crippen LogP contribution in [0, 0.1) is 0 Å². The van der Waals surface area contributed by atoms with Gasteiger partial charge in [0.1, 0.15) is 5.75 Å². The molecule has 0 bridgehead atoms. The molecule has 0 aliphatic heterocycles. The van der Waals surface area contributed by atoms with Gasteiger partial charge in [0.05, 0.1) is 0 Å². The minimum Gasteiger partial charge on any atom is -0.406 e. The highest BCUT2D eigenvalue weighted by atomic mass is 19.4. The summed E-state index contributed by atoms with van der Waals surface area (Å²) >= 11 is 0. The Labute approximate surface area is 126 Å². The van der Waals surface area contributed by atoms with E-state index in [1.165, 1.54) is 12.1 Å². The van der Waals surface area contributed by atoms with Crippen molar-refractivity contribution in [3.63, 3.8) is 0 Å². The van der Waals surface area contributed by atoms with Crippen LogP contribution in [0.25, 0.3) is 0 Å². The van der Waals surface area contributed by atoms with E-state index in [0.29, 0.717) is 5.69 Å². The molecule has 0 heterocycles. The molecule has 2 amide bonds. The number of halogens is 3. The zero-order valence-electron chi connectivity index (χ0n) is 11.8. The first kappa shape index (κ1) is 16.4. The van der Waals surface area contributed by atoms with Crippen molar-refractivity contribution in [1.29, 1.82) is 0 Å². The lowest BCUT2D eigenvalue weighted by Gasteiger charge is -2.29. The number of rotatable bonds is 3. The summed E-state index contributed by atoms with van der Waals surface area (Å²) in [5.41, 5.74) is 6.31. The van der Waals surface area contributed by atoms with Gasteiger partial charge < -0.3 is 21.1 Å². The summed E-state index contributed by atoms with van der Waals surface area (Å²) in [6, 6.07) is 4.36. The van der Waals surface area contributed by atoms with E-state index in [9.17, 15) is 18.0 Å². The number of alkyl halides is 3. The van der Waals surface area contributed by atoms with Crippen molar-refractivity contribution in [2.24, 2.45) is 5.73 Å². The lowest BCUT2D eigenvalue weighted by molar-refractivity contribution is -0.274. The molecule has 4 N–H and O–H groups in total. The molecule has 1 fully saturated rings. The molecule has 1 aliphatic rings. The van der Waals surface area contributed by atoms with E-state index >= 15 is 0 Å². The van der Waals surface area contributed by atoms with Gasteiger partial charge in [0.15, 0.2) is 0 Å². The minimum absolute atomic E-state index is 0.0675. The van der Waals surface area contributed by atoms with Crippen LogP contribution in [0.5, 0.6) is 5.75 Å². The molecule has 1 saturated carbocycles. The molecule has 2 rings (SSSR count). The molecule has 8 heteroatoms. The highest BCUT2D eigenvalue weighted by molar-refractivity contribution is 5.89. The van der Waals surface area contributed by atoms with E-state index in [1.807, 2.05) is 0 Å². The average molecular weight is 317 g/mol. The van der Waals surface area contributed by atoms with Crippen LogP contribution in [-0.4, -0.2) is 24.5 Å². The van der Waals surface area contributed by atoms with E-state index in [2.05, 4.69) is 15.4 Å². The number of urea groups is 1. The number of benzene rings is 1. The lowest BCUT2D eigenvalue weighted by atomic mass is 9.91. The Morgan fingerprint density at radius 1 is 1.18 bits per heavy atom. The second-order valence-electron chi connectivity index (χ2n) is 5.23. The highest BCUT2D eigenvalue weighted by Gasteiger charge is 2.31. The Morgan fingerprint density at radius 3 is 2.41 bits per heavy atom. The van der Waals surface area contributed by atoms with Crippen molar-refractivity contribution in [2.75, 3.05) is 5.32 Å². The summed E-state index contributed by atoms with van der Waals surface area (Å²) in [6.45, 7) is 0. The van der Waals surface area contributed by atoms with Crippen LogP contribution in [0.1, 0.15) is 25.7 Å². The number of anilines is 1. The van der Waals surface area contributed by atoms with E-state index in [0.717, 1.165) is 37.8 Å². The van der Waals surface area contributed by atoms with Crippen LogP contribution < -0.4 is 21.1 Å². The third-order valence-corrected chi connectivity index (χ3v) is 3.48. The molecule has 0 radical (unpaired) electrons. The van der Waals surface area contributed by atoms with Gasteiger partial charge >= 0.3 is 12.4 Å². The van der Waals surface area contributed by atoms with E-state index in [-0.39, 0.29) is 17.8 Å². The Kier molecular flexibility index (Phi) is 5.12. The number of nitrogens with one attached hydrogen (secondary N) is 2. The van der Waals surface area contributed by atoms with Crippen molar-refractivity contribution >= 4 is 11.7 Å². The molecule has 5 nitrogen and oxygen atoms in total. The van der Waals surface area contributed by atoms with Crippen LogP contribution in [-0.2, 0) is 0 Å². The highest BCUT2D eigenvalue weighted by Crippen LogP contribution is 2.24. The molecule has 1 aromatic rings. The number of carbonyl (C=O) groups is 1. The van der Waals surface area contributed by atoms with E-state index in [1.54, 1.807) is 0 Å². The van der Waals surface area contributed by atoms with E-state index < -0.39 is 12.4 Å². The van der Waals surface area contributed by atoms with Gasteiger partial charge in [0.2, 0.25) is 0 Å². The van der Waals surface area contributed by atoms with Crippen molar-refractivity contribution < 1.29 is 22.7 Å². The maximum Gasteiger partial charge on any atom is 0.573 e. The van der Waals surface area contributed by atoms with E-state index in [4.69, 9.17) is 5.73 Å². The Bertz CT molecular complexity index is 505. The van der Waals surface area contributed by atoms with Gasteiger partial charge in [-0.25, -0.2) is 4.79 Å². The van der Waals surface area contributed by atoms with Gasteiger partial charge in [-0.05, 0) is 37.1 Å². The average Bonchev–Trinajstić information content (AvgIpc) is 2.42. The standard InChI is InChI=1S/C14H18F3N3O2/c15-14(16,17)22-10-7-5-9(6-8-10)19-13(21)20-12-4-2-1-3-11(12)18/h5-8,11-12H,1-4,18H2,(H2,19,20,21)/t11-,12-/m1/s1. The van der Waals surface area contributed by atoms with Crippen LogP contribution in [0.2, 0.25) is 0 Å². The first-order chi connectivity index (χ1) is 10.3. The Morgan fingerprint density at radius 2 is 1.82 bits per heavy atom. The maximum atomic E-state index is 12.0. The molecule has 122 valence electrons. The van der Waals surface area contributed by atoms with Crippen molar-refractivity contribution in [3.05, 3.63) is 24.3 Å². The second kappa shape index (κ2) is 6.87. The first-order valence-corrected chi connectivity index (χ1v) is 7.02. The van der Waals surface area contributed by atoms with Gasteiger partial charge in [-0.3, -0.25) is 0 Å². The predicted octanol–water partition coefficient (Wildman–Crippen LogP) is 2.98. The van der Waals surface area contributed by atoms with Crippen LogP contribution in [0.15, 0.2) is 24.3 Å². The van der Waals surface area contributed by atoms with Gasteiger partial charge in [0, 0.05) is 17.8 Å². The molecule has 0 saturated heterocycles. The number of nitrogens with two attached hydrogens (primary N) is 1. The minimum atomic E-state index is -4.73. The van der Waals surface area contributed by atoms with Crippen molar-refractivity contribution in [1.82, 2.24) is 5.32 Å². The zero-order valence-corrected chi connectivity index (χ0v) is 11.8. The van der Waals surface area contributed by atoms with Gasteiger partial charge in [-0.15, -0.1) is 13.2 Å². The number of amides is 2. The molecular weight excluding hydrogens is 299 g/mol. The Balaban J connectivity index is 1.86. The van der Waals surface area contributed by atoms with Crippen LogP contribution in [0.4, 0.5) is 23.7 Å². The van der Waals surface area contributed by atoms with Crippen LogP contribution in [0.3, 0.4) is 0 Å². The van der Waals surface area contributed by atoms with Gasteiger partial charge in [0.25, 0.3) is 0 Å². The summed E-state index contributed by atoms with van der Waals surface area (Å²) in [5.74, 6) is -0.340. The summed E-state index contributed by atoms with van der Waals surface area (Å²) < 4.78 is 39.9. The molecular formula is C14H18F3N3O2. The normalized spacial score (nSPS) is 22.0. The molecule has 0 aromatic heterocycles. The van der Waals surface area contributed by atoms with Gasteiger partial charge in [-0.1, -0.05) is 12.8 Å². The summed E-state index contributed by atoms with van der Waals surface area (Å²) in [4.78, 5) is 11.9. The number of hydrogen-bond donors (Lipinski definition) is 3. The fourth-order valence-electron chi connectivity index (χ4n) is 2.41. The molecule has 0 unspecified atom stereocenters. The fourth-order valence-corrected chi connectivity index (χ4v) is 2.41. The molecule has 22 heavy (non-hydrogen) atoms. The fraction of sp³-hybridized carbons (Fsp3) is 0.500. The largest absolute Gasteiger partial charge is 0.573 e. The predicted molar refractivity (Wildman–Crippen MR) is 75.5 cm³/mol. The number of hydrogen-bond acceptors (Lipinski definition) is 3. The molecule has 1 aliphatic carbocycles. The second-order valence-corrected chi connectivity index (χ2v) is 5.23. The monoisotopic (exact) mass is 317 g/mol. The molecule has 1 aromatic carbocycles. The SMILES string of the molecule is N[C@@H]1CCCC[C@H]1NC(=O)Nc1ccc(OC(F)(F)F)cc1. The Hall–Kier alpha value is -1.96. The lowest BCUT2D eigenvalue weighted by Crippen LogP contribution is -2.50.